The van der Waals surface area contributed by atoms with Crippen LogP contribution in [0.5, 0.6) is 11.8 Å². The smallest absolute Gasteiger partial charge is 0.278 e. The number of fused-ring (bicyclic) bond motifs is 1. The molecule has 0 aliphatic heterocycles. The molecule has 1 unspecified atom stereocenters. The average molecular weight is 484 g/mol. The van der Waals surface area contributed by atoms with Gasteiger partial charge >= 0.3 is 0 Å². The number of rotatable bonds is 9. The van der Waals surface area contributed by atoms with Crippen LogP contribution in [0.4, 0.5) is 21.7 Å². The van der Waals surface area contributed by atoms with Crippen molar-refractivity contribution in [2.75, 3.05) is 23.8 Å². The quantitative estimate of drug-likeness (QED) is 0.358. The van der Waals surface area contributed by atoms with Gasteiger partial charge in [-0.2, -0.15) is 0 Å². The molecule has 0 radical (unpaired) electrons. The van der Waals surface area contributed by atoms with E-state index in [2.05, 4.69) is 25.6 Å². The zero-order valence-corrected chi connectivity index (χ0v) is 19.8. The van der Waals surface area contributed by atoms with Crippen LogP contribution in [0.25, 0.3) is 11.0 Å². The van der Waals surface area contributed by atoms with Crippen LogP contribution in [0.15, 0.2) is 24.3 Å². The molecule has 2 atom stereocenters. The molecule has 2 heterocycles. The van der Waals surface area contributed by atoms with Crippen molar-refractivity contribution in [2.45, 2.75) is 51.6 Å². The third-order valence-corrected chi connectivity index (χ3v) is 5.81. The first-order valence-corrected chi connectivity index (χ1v) is 11.8. The number of nitrogens with zero attached hydrogens (tertiary/aromatic N) is 3. The van der Waals surface area contributed by atoms with Gasteiger partial charge < -0.3 is 31.6 Å². The summed E-state index contributed by atoms with van der Waals surface area (Å²) >= 11 is 0. The molecule has 3 aromatic rings. The highest BCUT2D eigenvalue weighted by Crippen LogP contribution is 2.30. The summed E-state index contributed by atoms with van der Waals surface area (Å²) in [6.07, 6.45) is 3.73. The number of benzene rings is 1. The molecule has 10 nitrogen and oxygen atoms in total. The fraction of sp³-hybridized carbons (Fsp3) is 0.417. The third-order valence-electron chi connectivity index (χ3n) is 5.81. The molecule has 0 saturated heterocycles. The zero-order chi connectivity index (χ0) is 24.9. The van der Waals surface area contributed by atoms with Gasteiger partial charge in [-0.05, 0) is 51.0 Å². The Morgan fingerprint density at radius 2 is 1.71 bits per heavy atom. The second-order valence-electron chi connectivity index (χ2n) is 8.31. The average Bonchev–Trinajstić information content (AvgIpc) is 2.83. The van der Waals surface area contributed by atoms with Crippen molar-refractivity contribution in [3.05, 3.63) is 35.6 Å². The summed E-state index contributed by atoms with van der Waals surface area (Å²) in [7, 11) is 0. The van der Waals surface area contributed by atoms with E-state index in [0.29, 0.717) is 35.8 Å². The van der Waals surface area contributed by atoms with Crippen LogP contribution in [0, 0.1) is 5.82 Å². The first kappa shape index (κ1) is 24.4. The van der Waals surface area contributed by atoms with E-state index in [4.69, 9.17) is 20.9 Å². The van der Waals surface area contributed by atoms with Crippen molar-refractivity contribution in [1.29, 1.82) is 0 Å². The number of aromatic nitrogens is 3. The molecule has 1 amide bonds. The van der Waals surface area contributed by atoms with Gasteiger partial charge in [-0.25, -0.2) is 19.3 Å². The van der Waals surface area contributed by atoms with Crippen LogP contribution in [0.1, 0.15) is 49.9 Å². The van der Waals surface area contributed by atoms with E-state index >= 15 is 0 Å². The minimum Gasteiger partial charge on any atom is -0.474 e. The number of amides is 1. The number of pyridine rings is 1. The Hall–Kier alpha value is -3.73. The van der Waals surface area contributed by atoms with Crippen LogP contribution in [-0.2, 0) is 0 Å². The molecule has 186 valence electrons. The third kappa shape index (κ3) is 5.51. The number of anilines is 3. The maximum atomic E-state index is 14.8. The van der Waals surface area contributed by atoms with E-state index in [1.165, 1.54) is 0 Å². The first-order chi connectivity index (χ1) is 16.9. The molecule has 1 saturated carbocycles. The summed E-state index contributed by atoms with van der Waals surface area (Å²) in [5.74, 6) is -0.742. The van der Waals surface area contributed by atoms with E-state index in [1.807, 2.05) is 13.8 Å². The number of nitrogens with one attached hydrogen (secondary N) is 2. The Morgan fingerprint density at radius 1 is 1.03 bits per heavy atom. The van der Waals surface area contributed by atoms with Gasteiger partial charge in [-0.15, -0.1) is 0 Å². The molecule has 0 spiro atoms. The van der Waals surface area contributed by atoms with Gasteiger partial charge in [0.1, 0.15) is 5.82 Å². The molecule has 11 heteroatoms. The van der Waals surface area contributed by atoms with E-state index in [9.17, 15) is 9.18 Å². The van der Waals surface area contributed by atoms with Gasteiger partial charge in [0.15, 0.2) is 11.6 Å². The van der Waals surface area contributed by atoms with Gasteiger partial charge in [0.25, 0.3) is 17.7 Å². The van der Waals surface area contributed by atoms with Gasteiger partial charge in [-0.3, -0.25) is 4.79 Å². The van der Waals surface area contributed by atoms with E-state index in [0.717, 1.165) is 31.7 Å². The Kier molecular flexibility index (Phi) is 7.45. The number of halogens is 1. The van der Waals surface area contributed by atoms with Crippen molar-refractivity contribution in [3.8, 4) is 11.8 Å². The molecule has 1 fully saturated rings. The highest BCUT2D eigenvalue weighted by atomic mass is 19.1. The second kappa shape index (κ2) is 10.7. The van der Waals surface area contributed by atoms with E-state index < -0.39 is 11.7 Å². The Bertz CT molecular complexity index is 1220. The van der Waals surface area contributed by atoms with Gasteiger partial charge in [0.05, 0.1) is 29.8 Å². The molecule has 0 bridgehead atoms. The fourth-order valence-corrected chi connectivity index (χ4v) is 4.09. The SMILES string of the molecule is CCOc1nc2ccc(Nc3nc(NC4CCCC[C@@H]4N)c(F)cc3C(N)=O)cc2nc1OCC. The van der Waals surface area contributed by atoms with Gasteiger partial charge in [-0.1, -0.05) is 12.8 Å². The molecule has 1 aromatic carbocycles. The first-order valence-electron chi connectivity index (χ1n) is 11.8. The van der Waals surface area contributed by atoms with Crippen LogP contribution in [0.2, 0.25) is 0 Å². The summed E-state index contributed by atoms with van der Waals surface area (Å²) in [5.41, 5.74) is 13.3. The van der Waals surface area contributed by atoms with Crippen LogP contribution in [0.3, 0.4) is 0 Å². The largest absolute Gasteiger partial charge is 0.474 e. The molecule has 4 rings (SSSR count). The molecule has 35 heavy (non-hydrogen) atoms. The predicted octanol–water partition coefficient (Wildman–Crippen LogP) is 3.49. The molecule has 2 aromatic heterocycles. The summed E-state index contributed by atoms with van der Waals surface area (Å²) in [6.45, 7) is 4.52. The minimum atomic E-state index is -0.805. The molecule has 1 aliphatic rings. The standard InChI is InChI=1S/C24H30FN7O3/c1-3-34-23-24(35-4-2)31-19-11-13(9-10-18(19)30-23)28-21-14(20(27)33)12-15(25)22(32-21)29-17-8-6-5-7-16(17)26/h9-12,16-17H,3-8,26H2,1-2H3,(H2,27,33)(H2,28,29,32)/t16-,17?/m0/s1. The number of ether oxygens (including phenoxy) is 2. The number of hydrogen-bond acceptors (Lipinski definition) is 9. The van der Waals surface area contributed by atoms with Crippen molar-refractivity contribution in [3.63, 3.8) is 0 Å². The van der Waals surface area contributed by atoms with Crippen molar-refractivity contribution in [2.24, 2.45) is 11.5 Å². The Balaban J connectivity index is 1.67. The second-order valence-corrected chi connectivity index (χ2v) is 8.31. The topological polar surface area (TPSA) is 150 Å². The molecular formula is C24H30FN7O3. The number of hydrogen-bond donors (Lipinski definition) is 4. The molecular weight excluding hydrogens is 453 g/mol. The molecule has 1 aliphatic carbocycles. The number of nitrogens with two attached hydrogens (primary N) is 2. The normalized spacial score (nSPS) is 17.7. The van der Waals surface area contributed by atoms with Crippen LogP contribution in [-0.4, -0.2) is 46.2 Å². The van der Waals surface area contributed by atoms with E-state index in [1.54, 1.807) is 18.2 Å². The van der Waals surface area contributed by atoms with Gasteiger partial charge in [0, 0.05) is 17.8 Å². The van der Waals surface area contributed by atoms with Gasteiger partial charge in [0.2, 0.25) is 0 Å². The maximum Gasteiger partial charge on any atom is 0.278 e. The highest BCUT2D eigenvalue weighted by Gasteiger charge is 2.24. The van der Waals surface area contributed by atoms with Crippen LogP contribution < -0.4 is 31.6 Å². The summed E-state index contributed by atoms with van der Waals surface area (Å²) in [6, 6.07) is 6.09. The predicted molar refractivity (Wildman–Crippen MR) is 132 cm³/mol. The molecule has 6 N–H and O–H groups in total. The number of primary amides is 1. The lowest BCUT2D eigenvalue weighted by molar-refractivity contribution is 0.100. The monoisotopic (exact) mass is 483 g/mol. The Labute approximate surface area is 202 Å². The zero-order valence-electron chi connectivity index (χ0n) is 19.8. The minimum absolute atomic E-state index is 0.0143. The van der Waals surface area contributed by atoms with Crippen molar-refractivity contribution < 1.29 is 18.7 Å². The fourth-order valence-electron chi connectivity index (χ4n) is 4.09. The lowest BCUT2D eigenvalue weighted by atomic mass is 9.91. The maximum absolute atomic E-state index is 14.8. The summed E-state index contributed by atoms with van der Waals surface area (Å²) in [5, 5.41) is 6.17. The van der Waals surface area contributed by atoms with Crippen molar-refractivity contribution in [1.82, 2.24) is 15.0 Å². The number of carbonyl (C=O) groups is 1. The van der Waals surface area contributed by atoms with Crippen LogP contribution >= 0.6 is 0 Å². The lowest BCUT2D eigenvalue weighted by Gasteiger charge is -2.30. The summed E-state index contributed by atoms with van der Waals surface area (Å²) in [4.78, 5) is 25.4. The lowest BCUT2D eigenvalue weighted by Crippen LogP contribution is -2.43. The summed E-state index contributed by atoms with van der Waals surface area (Å²) < 4.78 is 25.9. The number of carbonyl (C=O) groups excluding carboxylic acids is 1. The Morgan fingerprint density at radius 3 is 2.37 bits per heavy atom. The van der Waals surface area contributed by atoms with E-state index in [-0.39, 0.29) is 35.2 Å². The van der Waals surface area contributed by atoms with Crippen molar-refractivity contribution >= 4 is 34.3 Å². The highest BCUT2D eigenvalue weighted by molar-refractivity contribution is 5.99.